The molecule has 4 rings (SSSR count). The number of benzene rings is 2. The summed E-state index contributed by atoms with van der Waals surface area (Å²) >= 11 is 7.69. The molecule has 1 aromatic heterocycles. The Balaban J connectivity index is 1.52. The fourth-order valence-electron chi connectivity index (χ4n) is 4.09. The van der Waals surface area contributed by atoms with Crippen molar-refractivity contribution in [2.24, 2.45) is 0 Å². The van der Waals surface area contributed by atoms with Crippen LogP contribution in [-0.4, -0.2) is 47.5 Å². The quantitative estimate of drug-likeness (QED) is 0.365. The van der Waals surface area contributed by atoms with E-state index in [-0.39, 0.29) is 24.4 Å². The summed E-state index contributed by atoms with van der Waals surface area (Å²) in [6.45, 7) is 3.57. The van der Waals surface area contributed by atoms with E-state index in [9.17, 15) is 14.0 Å². The summed E-state index contributed by atoms with van der Waals surface area (Å²) in [5.74, 6) is -0.532. The fourth-order valence-corrected chi connectivity index (χ4v) is 5.18. The number of hydrogen-bond donors (Lipinski definition) is 1. The molecule has 6 nitrogen and oxygen atoms in total. The topological polar surface area (TPSA) is 61.9 Å². The number of rotatable bonds is 9. The van der Waals surface area contributed by atoms with Gasteiger partial charge in [-0.15, -0.1) is 11.3 Å². The number of carbonyl (C=O) groups is 2. The van der Waals surface area contributed by atoms with Gasteiger partial charge in [0.25, 0.3) is 0 Å². The van der Waals surface area contributed by atoms with Crippen LogP contribution in [0.5, 0.6) is 0 Å². The Kier molecular flexibility index (Phi) is 8.96. The number of nitrogens with one attached hydrogen (secondary N) is 1. The maximum Gasteiger partial charge on any atom is 0.322 e. The second-order valence-corrected chi connectivity index (χ2v) is 10.7. The standard InChI is InChI=1S/C27H29ClFN3O3S/c1-19-7-12-25(36-19)17-31(15-20-8-10-22(29)11-9-20)26(33)18-32(16-24-6-3-13-35-24)27(34)30-23-5-2-4-21(28)14-23/h2,4-5,7-12,14,24H,3,6,13,15-18H2,1H3,(H,30,34)/t24-/m0/s1. The highest BCUT2D eigenvalue weighted by molar-refractivity contribution is 7.11. The van der Waals surface area contributed by atoms with Crippen LogP contribution in [0.25, 0.3) is 0 Å². The van der Waals surface area contributed by atoms with Crippen LogP contribution in [0, 0.1) is 12.7 Å². The van der Waals surface area contributed by atoms with E-state index in [1.165, 1.54) is 17.0 Å². The van der Waals surface area contributed by atoms with Crippen LogP contribution in [0.15, 0.2) is 60.7 Å². The van der Waals surface area contributed by atoms with E-state index >= 15 is 0 Å². The van der Waals surface area contributed by atoms with Crippen molar-refractivity contribution < 1.29 is 18.7 Å². The van der Waals surface area contributed by atoms with E-state index in [1.54, 1.807) is 52.6 Å². The van der Waals surface area contributed by atoms with Gasteiger partial charge in [-0.05, 0) is 67.8 Å². The molecule has 2 heterocycles. The van der Waals surface area contributed by atoms with Gasteiger partial charge < -0.3 is 19.9 Å². The first kappa shape index (κ1) is 26.1. The van der Waals surface area contributed by atoms with Crippen molar-refractivity contribution >= 4 is 40.6 Å². The highest BCUT2D eigenvalue weighted by atomic mass is 35.5. The highest BCUT2D eigenvalue weighted by Gasteiger charge is 2.27. The van der Waals surface area contributed by atoms with Gasteiger partial charge in [-0.2, -0.15) is 0 Å². The molecule has 0 saturated carbocycles. The van der Waals surface area contributed by atoms with Crippen LogP contribution >= 0.6 is 22.9 Å². The molecule has 1 saturated heterocycles. The van der Waals surface area contributed by atoms with Gasteiger partial charge in [0.05, 0.1) is 12.6 Å². The Morgan fingerprint density at radius 1 is 1.11 bits per heavy atom. The lowest BCUT2D eigenvalue weighted by molar-refractivity contribution is -0.133. The molecule has 1 aliphatic rings. The Labute approximate surface area is 219 Å². The predicted molar refractivity (Wildman–Crippen MR) is 141 cm³/mol. The number of anilines is 1. The minimum absolute atomic E-state index is 0.113. The van der Waals surface area contributed by atoms with E-state index in [0.717, 1.165) is 28.2 Å². The summed E-state index contributed by atoms with van der Waals surface area (Å²) in [7, 11) is 0. The first-order valence-corrected chi connectivity index (χ1v) is 13.1. The molecule has 1 aliphatic heterocycles. The number of carbonyl (C=O) groups excluding carboxylic acids is 2. The van der Waals surface area contributed by atoms with Gasteiger partial charge in [0.15, 0.2) is 0 Å². The second kappa shape index (κ2) is 12.3. The van der Waals surface area contributed by atoms with Crippen molar-refractivity contribution in [3.63, 3.8) is 0 Å². The largest absolute Gasteiger partial charge is 0.376 e. The molecule has 0 radical (unpaired) electrons. The van der Waals surface area contributed by atoms with Crippen LogP contribution in [0.1, 0.15) is 28.2 Å². The average Bonchev–Trinajstić information content (AvgIpc) is 3.51. The minimum Gasteiger partial charge on any atom is -0.376 e. The first-order chi connectivity index (χ1) is 17.4. The molecule has 0 spiro atoms. The maximum atomic E-state index is 13.6. The number of ether oxygens (including phenoxy) is 1. The molecular weight excluding hydrogens is 501 g/mol. The number of aryl methyl sites for hydroxylation is 1. The first-order valence-electron chi connectivity index (χ1n) is 11.9. The number of nitrogens with zero attached hydrogens (tertiary/aromatic N) is 2. The van der Waals surface area contributed by atoms with Gasteiger partial charge in [0.2, 0.25) is 5.91 Å². The molecule has 0 aliphatic carbocycles. The molecular formula is C27H29ClFN3O3S. The maximum absolute atomic E-state index is 13.6. The third kappa shape index (κ3) is 7.53. The normalized spacial score (nSPS) is 15.0. The molecule has 36 heavy (non-hydrogen) atoms. The zero-order chi connectivity index (χ0) is 25.5. The molecule has 1 N–H and O–H groups in total. The Morgan fingerprint density at radius 2 is 1.92 bits per heavy atom. The van der Waals surface area contributed by atoms with Gasteiger partial charge in [0, 0.05) is 40.2 Å². The van der Waals surface area contributed by atoms with Crippen LogP contribution in [0.4, 0.5) is 14.9 Å². The van der Waals surface area contributed by atoms with E-state index in [2.05, 4.69) is 5.32 Å². The third-order valence-electron chi connectivity index (χ3n) is 5.92. The molecule has 2 aromatic carbocycles. The lowest BCUT2D eigenvalue weighted by Gasteiger charge is -2.29. The molecule has 3 amide bonds. The number of halogens is 2. The van der Waals surface area contributed by atoms with Crippen LogP contribution in [0.3, 0.4) is 0 Å². The van der Waals surface area contributed by atoms with Crippen molar-refractivity contribution in [1.82, 2.24) is 9.80 Å². The zero-order valence-corrected chi connectivity index (χ0v) is 21.7. The van der Waals surface area contributed by atoms with Gasteiger partial charge in [-0.25, -0.2) is 9.18 Å². The molecule has 3 aromatic rings. The van der Waals surface area contributed by atoms with Gasteiger partial charge in [0.1, 0.15) is 12.4 Å². The van der Waals surface area contributed by atoms with Crippen molar-refractivity contribution in [3.8, 4) is 0 Å². The number of urea groups is 1. The number of thiophene rings is 1. The smallest absolute Gasteiger partial charge is 0.322 e. The van der Waals surface area contributed by atoms with Crippen molar-refractivity contribution in [3.05, 3.63) is 86.8 Å². The summed E-state index contributed by atoms with van der Waals surface area (Å²) in [5.41, 5.74) is 1.36. The Bertz CT molecular complexity index is 1180. The van der Waals surface area contributed by atoms with E-state index in [1.807, 2.05) is 19.1 Å². The molecule has 0 unspecified atom stereocenters. The highest BCUT2D eigenvalue weighted by Crippen LogP contribution is 2.21. The lowest BCUT2D eigenvalue weighted by atomic mass is 10.2. The third-order valence-corrected chi connectivity index (χ3v) is 7.14. The minimum atomic E-state index is -0.394. The van der Waals surface area contributed by atoms with Crippen LogP contribution < -0.4 is 5.32 Å². The van der Waals surface area contributed by atoms with Crippen molar-refractivity contribution in [1.29, 1.82) is 0 Å². The molecule has 0 bridgehead atoms. The number of hydrogen-bond acceptors (Lipinski definition) is 4. The van der Waals surface area contributed by atoms with Gasteiger partial charge in [-0.1, -0.05) is 29.8 Å². The second-order valence-electron chi connectivity index (χ2n) is 8.84. The summed E-state index contributed by atoms with van der Waals surface area (Å²) in [6.07, 6.45) is 1.65. The van der Waals surface area contributed by atoms with Crippen molar-refractivity contribution in [2.75, 3.05) is 25.0 Å². The summed E-state index contributed by atoms with van der Waals surface area (Å²) in [6, 6.07) is 16.6. The van der Waals surface area contributed by atoms with E-state index < -0.39 is 6.03 Å². The van der Waals surface area contributed by atoms with E-state index in [0.29, 0.717) is 37.0 Å². The van der Waals surface area contributed by atoms with Gasteiger partial charge >= 0.3 is 6.03 Å². The van der Waals surface area contributed by atoms with Crippen molar-refractivity contribution in [2.45, 2.75) is 39.0 Å². The van der Waals surface area contributed by atoms with Gasteiger partial charge in [-0.3, -0.25) is 4.79 Å². The lowest BCUT2D eigenvalue weighted by Crippen LogP contribution is -2.46. The van der Waals surface area contributed by atoms with E-state index in [4.69, 9.17) is 16.3 Å². The van der Waals surface area contributed by atoms with Crippen LogP contribution in [-0.2, 0) is 22.6 Å². The molecule has 1 fully saturated rings. The number of amides is 3. The predicted octanol–water partition coefficient (Wildman–Crippen LogP) is 6.09. The molecule has 9 heteroatoms. The summed E-state index contributed by atoms with van der Waals surface area (Å²) < 4.78 is 19.2. The summed E-state index contributed by atoms with van der Waals surface area (Å²) in [4.78, 5) is 32.2. The zero-order valence-electron chi connectivity index (χ0n) is 20.1. The average molecular weight is 530 g/mol. The SMILES string of the molecule is Cc1ccc(CN(Cc2ccc(F)cc2)C(=O)CN(C[C@@H]2CCCO2)C(=O)Nc2cccc(Cl)c2)s1. The fraction of sp³-hybridized carbons (Fsp3) is 0.333. The Hall–Kier alpha value is -2.94. The molecule has 1 atom stereocenters. The van der Waals surface area contributed by atoms with Crippen LogP contribution in [0.2, 0.25) is 5.02 Å². The Morgan fingerprint density at radius 3 is 2.58 bits per heavy atom. The summed E-state index contributed by atoms with van der Waals surface area (Å²) in [5, 5.41) is 3.35. The monoisotopic (exact) mass is 529 g/mol. The molecule has 190 valence electrons.